The van der Waals surface area contributed by atoms with Gasteiger partial charge in [0.15, 0.2) is 5.76 Å². The zero-order valence-corrected chi connectivity index (χ0v) is 11.5. The first kappa shape index (κ1) is 14.7. The summed E-state index contributed by atoms with van der Waals surface area (Å²) in [5.74, 6) is -0.0735. The van der Waals surface area contributed by atoms with Crippen LogP contribution in [0.4, 0.5) is 0 Å². The van der Waals surface area contributed by atoms with Gasteiger partial charge in [0, 0.05) is 6.54 Å². The SMILES string of the molecule is NCCC1CCCN(CC(=O)NC(=O)c2ccco2)C1. The molecule has 6 heteroatoms. The Morgan fingerprint density at radius 2 is 2.35 bits per heavy atom. The highest BCUT2D eigenvalue weighted by molar-refractivity contribution is 6.03. The molecular formula is C14H21N3O3. The van der Waals surface area contributed by atoms with Gasteiger partial charge in [0.1, 0.15) is 0 Å². The molecule has 0 radical (unpaired) electrons. The summed E-state index contributed by atoms with van der Waals surface area (Å²) in [6.45, 7) is 2.69. The van der Waals surface area contributed by atoms with Crippen molar-refractivity contribution in [1.29, 1.82) is 0 Å². The number of likely N-dealkylation sites (tertiary alicyclic amines) is 1. The van der Waals surface area contributed by atoms with Gasteiger partial charge in [-0.3, -0.25) is 19.8 Å². The first-order chi connectivity index (χ1) is 9.69. The van der Waals surface area contributed by atoms with E-state index in [1.165, 1.54) is 18.8 Å². The van der Waals surface area contributed by atoms with Gasteiger partial charge >= 0.3 is 0 Å². The molecule has 2 rings (SSSR count). The predicted octanol–water partition coefficient (Wildman–Crippen LogP) is 0.597. The highest BCUT2D eigenvalue weighted by Gasteiger charge is 2.22. The summed E-state index contributed by atoms with van der Waals surface area (Å²) < 4.78 is 4.94. The van der Waals surface area contributed by atoms with Crippen molar-refractivity contribution >= 4 is 11.8 Å². The minimum Gasteiger partial charge on any atom is -0.459 e. The number of carbonyl (C=O) groups is 2. The molecule has 0 spiro atoms. The fraction of sp³-hybridized carbons (Fsp3) is 0.571. The number of hydrogen-bond donors (Lipinski definition) is 2. The Balaban J connectivity index is 1.78. The zero-order chi connectivity index (χ0) is 14.4. The van der Waals surface area contributed by atoms with Crippen LogP contribution in [0, 0.1) is 5.92 Å². The molecule has 1 aromatic rings. The van der Waals surface area contributed by atoms with Gasteiger partial charge in [-0.05, 0) is 50.4 Å². The molecule has 0 bridgehead atoms. The molecule has 3 N–H and O–H groups in total. The highest BCUT2D eigenvalue weighted by atomic mass is 16.3. The van der Waals surface area contributed by atoms with E-state index >= 15 is 0 Å². The van der Waals surface area contributed by atoms with E-state index < -0.39 is 5.91 Å². The summed E-state index contributed by atoms with van der Waals surface area (Å²) in [6.07, 6.45) is 4.63. The summed E-state index contributed by atoms with van der Waals surface area (Å²) in [5.41, 5.74) is 5.57. The Bertz CT molecular complexity index is 443. The average molecular weight is 279 g/mol. The third kappa shape index (κ3) is 4.18. The standard InChI is InChI=1S/C14H21N3O3/c15-6-5-11-3-1-7-17(9-11)10-13(18)16-14(19)12-4-2-8-20-12/h2,4,8,11H,1,3,5-7,9-10,15H2,(H,16,18,19). The second kappa shape index (κ2) is 7.21. The number of amides is 2. The van der Waals surface area contributed by atoms with Gasteiger partial charge in [-0.1, -0.05) is 0 Å². The van der Waals surface area contributed by atoms with Crippen molar-refractivity contribution in [2.45, 2.75) is 19.3 Å². The molecule has 1 fully saturated rings. The molecule has 2 amide bonds. The second-order valence-corrected chi connectivity index (χ2v) is 5.18. The number of rotatable bonds is 5. The van der Waals surface area contributed by atoms with Crippen LogP contribution in [-0.4, -0.2) is 42.9 Å². The summed E-state index contributed by atoms with van der Waals surface area (Å²) in [5, 5.41) is 2.34. The number of furan rings is 1. The molecule has 1 atom stereocenters. The van der Waals surface area contributed by atoms with Gasteiger partial charge < -0.3 is 10.2 Å². The van der Waals surface area contributed by atoms with Crippen LogP contribution in [0.15, 0.2) is 22.8 Å². The lowest BCUT2D eigenvalue weighted by molar-refractivity contribution is -0.121. The Hall–Kier alpha value is -1.66. The quantitative estimate of drug-likeness (QED) is 0.824. The first-order valence-corrected chi connectivity index (χ1v) is 6.99. The molecule has 0 aromatic carbocycles. The second-order valence-electron chi connectivity index (χ2n) is 5.18. The van der Waals surface area contributed by atoms with Crippen molar-refractivity contribution < 1.29 is 14.0 Å². The summed E-state index contributed by atoms with van der Waals surface area (Å²) >= 11 is 0. The lowest BCUT2D eigenvalue weighted by Crippen LogP contribution is -2.44. The molecule has 1 aromatic heterocycles. The van der Waals surface area contributed by atoms with Crippen LogP contribution < -0.4 is 11.1 Å². The van der Waals surface area contributed by atoms with Crippen molar-refractivity contribution in [1.82, 2.24) is 10.2 Å². The monoisotopic (exact) mass is 279 g/mol. The number of nitrogens with zero attached hydrogens (tertiary/aromatic N) is 1. The number of nitrogens with two attached hydrogens (primary N) is 1. The third-order valence-electron chi connectivity index (χ3n) is 3.54. The van der Waals surface area contributed by atoms with E-state index in [2.05, 4.69) is 10.2 Å². The van der Waals surface area contributed by atoms with Gasteiger partial charge in [-0.2, -0.15) is 0 Å². The van der Waals surface area contributed by atoms with Crippen LogP contribution in [-0.2, 0) is 4.79 Å². The van der Waals surface area contributed by atoms with E-state index in [4.69, 9.17) is 10.2 Å². The molecule has 1 unspecified atom stereocenters. The summed E-state index contributed by atoms with van der Waals surface area (Å²) in [4.78, 5) is 25.6. The van der Waals surface area contributed by atoms with Gasteiger partial charge in [0.2, 0.25) is 5.91 Å². The maximum atomic E-state index is 11.8. The number of piperidine rings is 1. The van der Waals surface area contributed by atoms with E-state index in [0.29, 0.717) is 12.5 Å². The van der Waals surface area contributed by atoms with E-state index in [1.54, 1.807) is 6.07 Å². The smallest absolute Gasteiger partial charge is 0.293 e. The van der Waals surface area contributed by atoms with Crippen LogP contribution >= 0.6 is 0 Å². The Kier molecular flexibility index (Phi) is 5.31. The molecular weight excluding hydrogens is 258 g/mol. The van der Waals surface area contributed by atoms with Gasteiger partial charge in [0.05, 0.1) is 12.8 Å². The minimum atomic E-state index is -0.490. The lowest BCUT2D eigenvalue weighted by Gasteiger charge is -2.31. The largest absolute Gasteiger partial charge is 0.459 e. The van der Waals surface area contributed by atoms with Crippen molar-refractivity contribution in [2.75, 3.05) is 26.2 Å². The van der Waals surface area contributed by atoms with Crippen LogP contribution in [0.3, 0.4) is 0 Å². The van der Waals surface area contributed by atoms with Crippen molar-refractivity contribution in [3.05, 3.63) is 24.2 Å². The van der Waals surface area contributed by atoms with Crippen LogP contribution in [0.1, 0.15) is 29.8 Å². The fourth-order valence-electron chi connectivity index (χ4n) is 2.60. The molecule has 6 nitrogen and oxygen atoms in total. The fourth-order valence-corrected chi connectivity index (χ4v) is 2.60. The van der Waals surface area contributed by atoms with E-state index in [-0.39, 0.29) is 18.2 Å². The van der Waals surface area contributed by atoms with Crippen LogP contribution in [0.25, 0.3) is 0 Å². The van der Waals surface area contributed by atoms with Gasteiger partial charge in [-0.15, -0.1) is 0 Å². The van der Waals surface area contributed by atoms with Crippen LogP contribution in [0.5, 0.6) is 0 Å². The lowest BCUT2D eigenvalue weighted by atomic mass is 9.95. The van der Waals surface area contributed by atoms with Gasteiger partial charge in [-0.25, -0.2) is 0 Å². The topological polar surface area (TPSA) is 88.6 Å². The van der Waals surface area contributed by atoms with E-state index in [9.17, 15) is 9.59 Å². The molecule has 2 heterocycles. The Morgan fingerprint density at radius 1 is 1.50 bits per heavy atom. The number of carbonyl (C=O) groups excluding carboxylic acids is 2. The van der Waals surface area contributed by atoms with E-state index in [0.717, 1.165) is 25.9 Å². The molecule has 1 aliphatic rings. The molecule has 0 aliphatic carbocycles. The van der Waals surface area contributed by atoms with Gasteiger partial charge in [0.25, 0.3) is 5.91 Å². The highest BCUT2D eigenvalue weighted by Crippen LogP contribution is 2.18. The Morgan fingerprint density at radius 3 is 3.05 bits per heavy atom. The molecule has 0 saturated carbocycles. The van der Waals surface area contributed by atoms with Crippen molar-refractivity contribution in [3.8, 4) is 0 Å². The predicted molar refractivity (Wildman–Crippen MR) is 74.0 cm³/mol. The van der Waals surface area contributed by atoms with E-state index in [1.807, 2.05) is 0 Å². The zero-order valence-electron chi connectivity index (χ0n) is 11.5. The number of hydrogen-bond acceptors (Lipinski definition) is 5. The number of nitrogens with one attached hydrogen (secondary N) is 1. The third-order valence-corrected chi connectivity index (χ3v) is 3.54. The maximum Gasteiger partial charge on any atom is 0.293 e. The van der Waals surface area contributed by atoms with Crippen LogP contribution in [0.2, 0.25) is 0 Å². The van der Waals surface area contributed by atoms with Crippen molar-refractivity contribution in [2.24, 2.45) is 11.7 Å². The Labute approximate surface area is 118 Å². The average Bonchev–Trinajstić information content (AvgIpc) is 2.93. The molecule has 20 heavy (non-hydrogen) atoms. The number of imide groups is 1. The maximum absolute atomic E-state index is 11.8. The molecule has 1 aliphatic heterocycles. The minimum absolute atomic E-state index is 0.151. The summed E-state index contributed by atoms with van der Waals surface area (Å²) in [7, 11) is 0. The first-order valence-electron chi connectivity index (χ1n) is 6.99. The summed E-state index contributed by atoms with van der Waals surface area (Å²) in [6, 6.07) is 3.14. The molecule has 110 valence electrons. The normalized spacial score (nSPS) is 19.8. The molecule has 1 saturated heterocycles. The van der Waals surface area contributed by atoms with Crippen molar-refractivity contribution in [3.63, 3.8) is 0 Å².